The molecule has 2 rings (SSSR count). The van der Waals surface area contributed by atoms with Crippen LogP contribution in [0.5, 0.6) is 5.75 Å². The highest BCUT2D eigenvalue weighted by Crippen LogP contribution is 2.24. The van der Waals surface area contributed by atoms with E-state index in [1.54, 1.807) is 0 Å². The summed E-state index contributed by atoms with van der Waals surface area (Å²) in [5.74, 6) is 0.723. The van der Waals surface area contributed by atoms with Gasteiger partial charge in [0.2, 0.25) is 0 Å². The zero-order valence-corrected chi connectivity index (χ0v) is 11.0. The molecule has 2 nitrogen and oxygen atoms in total. The molecule has 18 heavy (non-hydrogen) atoms. The highest BCUT2D eigenvalue weighted by molar-refractivity contribution is 7.80. The van der Waals surface area contributed by atoms with Gasteiger partial charge in [-0.3, -0.25) is 0 Å². The molecule has 0 aliphatic rings. The van der Waals surface area contributed by atoms with E-state index in [4.69, 9.17) is 22.7 Å². The van der Waals surface area contributed by atoms with Crippen molar-refractivity contribution in [3.05, 3.63) is 65.7 Å². The van der Waals surface area contributed by atoms with Crippen LogP contribution >= 0.6 is 12.2 Å². The van der Waals surface area contributed by atoms with Crippen LogP contribution in [0.2, 0.25) is 0 Å². The molecule has 1 unspecified atom stereocenters. The molecular formula is C15H15NOS. The third kappa shape index (κ3) is 2.87. The van der Waals surface area contributed by atoms with Gasteiger partial charge in [-0.05, 0) is 24.6 Å². The molecule has 0 spiro atoms. The third-order valence-corrected chi connectivity index (χ3v) is 2.95. The maximum absolute atomic E-state index is 5.93. The van der Waals surface area contributed by atoms with Crippen LogP contribution in [-0.2, 0) is 0 Å². The molecule has 0 aromatic heterocycles. The highest BCUT2D eigenvalue weighted by Gasteiger charge is 2.10. The lowest BCUT2D eigenvalue weighted by molar-refractivity contribution is 0.226. The smallest absolute Gasteiger partial charge is 0.130 e. The molecule has 0 heterocycles. The normalized spacial score (nSPS) is 11.8. The Bertz CT molecular complexity index is 539. The molecule has 0 aliphatic heterocycles. The number of ether oxygens (including phenoxy) is 1. The van der Waals surface area contributed by atoms with E-state index in [1.807, 2.05) is 61.5 Å². The summed E-state index contributed by atoms with van der Waals surface area (Å²) in [7, 11) is 0. The summed E-state index contributed by atoms with van der Waals surface area (Å²) in [4.78, 5) is 0.353. The van der Waals surface area contributed by atoms with Gasteiger partial charge in [-0.15, -0.1) is 0 Å². The summed E-state index contributed by atoms with van der Waals surface area (Å²) in [6, 6.07) is 17.6. The average Bonchev–Trinajstić information content (AvgIpc) is 2.40. The Morgan fingerprint density at radius 2 is 1.67 bits per heavy atom. The molecule has 0 saturated heterocycles. The first-order valence-corrected chi connectivity index (χ1v) is 6.19. The van der Waals surface area contributed by atoms with Gasteiger partial charge in [0.1, 0.15) is 16.8 Å². The molecule has 1 atom stereocenters. The fourth-order valence-corrected chi connectivity index (χ4v) is 1.92. The molecule has 0 radical (unpaired) electrons. The molecule has 92 valence electrons. The molecular weight excluding hydrogens is 242 g/mol. The molecule has 0 fully saturated rings. The second-order valence-corrected chi connectivity index (χ2v) is 4.47. The summed E-state index contributed by atoms with van der Waals surface area (Å²) in [6.07, 6.45) is -0.0401. The highest BCUT2D eigenvalue weighted by atomic mass is 32.1. The molecule has 2 aromatic carbocycles. The average molecular weight is 257 g/mol. The van der Waals surface area contributed by atoms with Crippen LogP contribution in [-0.4, -0.2) is 4.99 Å². The van der Waals surface area contributed by atoms with Crippen LogP contribution < -0.4 is 10.5 Å². The largest absolute Gasteiger partial charge is 0.485 e. The first kappa shape index (κ1) is 12.6. The number of hydrogen-bond donors (Lipinski definition) is 1. The number of rotatable bonds is 4. The Morgan fingerprint density at radius 1 is 1.06 bits per heavy atom. The van der Waals surface area contributed by atoms with E-state index >= 15 is 0 Å². The van der Waals surface area contributed by atoms with Gasteiger partial charge in [0.25, 0.3) is 0 Å². The van der Waals surface area contributed by atoms with Gasteiger partial charge >= 0.3 is 0 Å². The first-order valence-electron chi connectivity index (χ1n) is 5.79. The minimum Gasteiger partial charge on any atom is -0.485 e. The fourth-order valence-electron chi connectivity index (χ4n) is 1.76. The number of hydrogen-bond acceptors (Lipinski definition) is 2. The van der Waals surface area contributed by atoms with Crippen molar-refractivity contribution in [2.45, 2.75) is 13.0 Å². The van der Waals surface area contributed by atoms with E-state index in [9.17, 15) is 0 Å². The van der Waals surface area contributed by atoms with E-state index in [0.29, 0.717) is 4.99 Å². The van der Waals surface area contributed by atoms with E-state index in [-0.39, 0.29) is 6.10 Å². The Morgan fingerprint density at radius 3 is 2.33 bits per heavy atom. The second kappa shape index (κ2) is 5.65. The molecule has 0 aliphatic carbocycles. The number of para-hydroxylation sites is 1. The minimum atomic E-state index is -0.0401. The lowest BCUT2D eigenvalue weighted by Gasteiger charge is -2.17. The van der Waals surface area contributed by atoms with Crippen LogP contribution in [0, 0.1) is 0 Å². The standard InChI is InChI=1S/C15H15NOS/c1-11(12-7-3-2-4-8-12)17-14-10-6-5-9-13(14)15(16)18/h2-11H,1H3,(H2,16,18). The van der Waals surface area contributed by atoms with Crippen molar-refractivity contribution in [3.63, 3.8) is 0 Å². The van der Waals surface area contributed by atoms with Gasteiger partial charge in [0, 0.05) is 0 Å². The fraction of sp³-hybridized carbons (Fsp3) is 0.133. The van der Waals surface area contributed by atoms with E-state index in [1.165, 1.54) is 0 Å². The van der Waals surface area contributed by atoms with Gasteiger partial charge in [-0.2, -0.15) is 0 Å². The molecule has 0 saturated carbocycles. The SMILES string of the molecule is CC(Oc1ccccc1C(N)=S)c1ccccc1. The van der Waals surface area contributed by atoms with Gasteiger partial charge in [0.05, 0.1) is 5.56 Å². The summed E-state index contributed by atoms with van der Waals surface area (Å²) >= 11 is 5.02. The van der Waals surface area contributed by atoms with Gasteiger partial charge in [-0.1, -0.05) is 54.7 Å². The summed E-state index contributed by atoms with van der Waals surface area (Å²) in [6.45, 7) is 2.01. The Balaban J connectivity index is 2.22. The van der Waals surface area contributed by atoms with Crippen LogP contribution in [0.25, 0.3) is 0 Å². The number of benzene rings is 2. The molecule has 0 bridgehead atoms. The van der Waals surface area contributed by atoms with Crippen LogP contribution in [0.15, 0.2) is 54.6 Å². The van der Waals surface area contributed by atoms with Crippen molar-refractivity contribution < 1.29 is 4.74 Å². The quantitative estimate of drug-likeness (QED) is 0.852. The molecule has 0 amide bonds. The number of nitrogens with two attached hydrogens (primary N) is 1. The van der Waals surface area contributed by atoms with Crippen molar-refractivity contribution >= 4 is 17.2 Å². The van der Waals surface area contributed by atoms with Crippen molar-refractivity contribution in [1.29, 1.82) is 0 Å². The predicted octanol–water partition coefficient (Wildman–Crippen LogP) is 3.46. The van der Waals surface area contributed by atoms with E-state index < -0.39 is 0 Å². The summed E-state index contributed by atoms with van der Waals surface area (Å²) in [5.41, 5.74) is 7.57. The summed E-state index contributed by atoms with van der Waals surface area (Å²) < 4.78 is 5.93. The molecule has 2 N–H and O–H groups in total. The Hall–Kier alpha value is -1.87. The van der Waals surface area contributed by atoms with Crippen LogP contribution in [0.1, 0.15) is 24.2 Å². The predicted molar refractivity (Wildman–Crippen MR) is 77.8 cm³/mol. The lowest BCUT2D eigenvalue weighted by atomic mass is 10.1. The van der Waals surface area contributed by atoms with Crippen molar-refractivity contribution in [1.82, 2.24) is 0 Å². The third-order valence-electron chi connectivity index (χ3n) is 2.73. The van der Waals surface area contributed by atoms with Crippen LogP contribution in [0.4, 0.5) is 0 Å². The van der Waals surface area contributed by atoms with Gasteiger partial charge in [-0.25, -0.2) is 0 Å². The Labute approximate surface area is 112 Å². The molecule has 2 aromatic rings. The van der Waals surface area contributed by atoms with Gasteiger partial charge in [0.15, 0.2) is 0 Å². The van der Waals surface area contributed by atoms with Crippen molar-refractivity contribution in [2.24, 2.45) is 5.73 Å². The first-order chi connectivity index (χ1) is 8.68. The zero-order valence-electron chi connectivity index (χ0n) is 10.2. The topological polar surface area (TPSA) is 35.2 Å². The molecule has 3 heteroatoms. The maximum atomic E-state index is 5.93. The summed E-state index contributed by atoms with van der Waals surface area (Å²) in [5, 5.41) is 0. The van der Waals surface area contributed by atoms with Crippen molar-refractivity contribution in [2.75, 3.05) is 0 Å². The Kier molecular flexibility index (Phi) is 3.95. The van der Waals surface area contributed by atoms with Gasteiger partial charge < -0.3 is 10.5 Å². The number of thiocarbonyl (C=S) groups is 1. The van der Waals surface area contributed by atoms with E-state index in [0.717, 1.165) is 16.9 Å². The second-order valence-electron chi connectivity index (χ2n) is 4.03. The van der Waals surface area contributed by atoms with E-state index in [2.05, 4.69) is 0 Å². The lowest BCUT2D eigenvalue weighted by Crippen LogP contribution is -2.13. The van der Waals surface area contributed by atoms with Crippen LogP contribution in [0.3, 0.4) is 0 Å². The minimum absolute atomic E-state index is 0.0401. The monoisotopic (exact) mass is 257 g/mol. The van der Waals surface area contributed by atoms with Crippen molar-refractivity contribution in [3.8, 4) is 5.75 Å². The maximum Gasteiger partial charge on any atom is 0.130 e. The zero-order chi connectivity index (χ0) is 13.0.